The number of benzene rings is 1. The Morgan fingerprint density at radius 3 is 2.48 bits per heavy atom. The minimum absolute atomic E-state index is 0.0311. The zero-order chi connectivity index (χ0) is 24.5. The third-order valence-electron chi connectivity index (χ3n) is 4.47. The molecule has 0 radical (unpaired) electrons. The molecular weight excluding hydrogens is 456 g/mol. The molecule has 1 aliphatic heterocycles. The smallest absolute Gasteiger partial charge is 0.370 e. The predicted molar refractivity (Wildman–Crippen MR) is 118 cm³/mol. The molecule has 0 saturated carbocycles. The van der Waals surface area contributed by atoms with Gasteiger partial charge in [-0.05, 0) is 18.2 Å². The molecule has 1 aromatic carbocycles. The van der Waals surface area contributed by atoms with Crippen molar-refractivity contribution >= 4 is 35.5 Å². The quantitative estimate of drug-likeness (QED) is 0.119. The summed E-state index contributed by atoms with van der Waals surface area (Å²) in [5.74, 6) is -3.46. The highest BCUT2D eigenvalue weighted by Crippen LogP contribution is 2.25. The first-order chi connectivity index (χ1) is 15.6. The Bertz CT molecular complexity index is 911. The van der Waals surface area contributed by atoms with E-state index in [-0.39, 0.29) is 11.7 Å². The summed E-state index contributed by atoms with van der Waals surface area (Å²) in [4.78, 5) is 40.4. The van der Waals surface area contributed by atoms with Gasteiger partial charge in [0, 0.05) is 11.8 Å². The fourth-order valence-corrected chi connectivity index (χ4v) is 3.72. The lowest BCUT2D eigenvalue weighted by Crippen LogP contribution is -2.60. The van der Waals surface area contributed by atoms with Crippen LogP contribution in [0.5, 0.6) is 0 Å². The van der Waals surface area contributed by atoms with Gasteiger partial charge in [0.1, 0.15) is 18.3 Å². The van der Waals surface area contributed by atoms with Gasteiger partial charge in [-0.2, -0.15) is 0 Å². The second-order valence-electron chi connectivity index (χ2n) is 7.04. The number of aliphatic imine (C=N–C) groups is 1. The number of aliphatic hydroxyl groups is 3. The van der Waals surface area contributed by atoms with E-state index >= 15 is 0 Å². The number of aliphatic hydroxyl groups excluding tert-OH is 3. The number of hydrogen-bond donors (Lipinski definition) is 7. The molecule has 0 aromatic heterocycles. The summed E-state index contributed by atoms with van der Waals surface area (Å²) in [6.07, 6.45) is -3.89. The molecule has 5 atom stereocenters. The minimum atomic E-state index is -1.77. The van der Waals surface area contributed by atoms with Gasteiger partial charge in [0.05, 0.1) is 24.4 Å². The van der Waals surface area contributed by atoms with Gasteiger partial charge in [0.2, 0.25) is 17.6 Å². The van der Waals surface area contributed by atoms with E-state index < -0.39 is 60.5 Å². The van der Waals surface area contributed by atoms with Crippen LogP contribution >= 0.6 is 11.8 Å². The lowest BCUT2D eigenvalue weighted by Gasteiger charge is -2.38. The predicted octanol–water partition coefficient (Wildman–Crippen LogP) is -1.84. The average Bonchev–Trinajstić information content (AvgIpc) is 2.77. The number of nitrogens with zero attached hydrogens (tertiary/aromatic N) is 1. The van der Waals surface area contributed by atoms with Crippen molar-refractivity contribution in [2.45, 2.75) is 42.2 Å². The van der Waals surface area contributed by atoms with Crippen LogP contribution < -0.4 is 16.4 Å². The maximum atomic E-state index is 12.2. The average molecular weight is 483 g/mol. The molecule has 0 saturated heterocycles. The van der Waals surface area contributed by atoms with Crippen LogP contribution in [0.1, 0.15) is 6.92 Å². The fourth-order valence-electron chi connectivity index (χ4n) is 3.00. The number of carboxylic acid groups (broad SMARTS) is 1. The minimum Gasteiger partial charge on any atom is -0.478 e. The number of nitrogens with one attached hydrogen (secondary N) is 2. The molecule has 0 fully saturated rings. The fraction of sp³-hybridized carbons (Fsp3) is 0.400. The molecule has 2 amide bonds. The monoisotopic (exact) mass is 482 g/mol. The van der Waals surface area contributed by atoms with Gasteiger partial charge >= 0.3 is 5.97 Å². The number of thioether (sulfide) groups is 1. The lowest BCUT2D eigenvalue weighted by atomic mass is 9.92. The van der Waals surface area contributed by atoms with E-state index in [0.717, 1.165) is 11.0 Å². The summed E-state index contributed by atoms with van der Waals surface area (Å²) in [7, 11) is 0. The second-order valence-corrected chi connectivity index (χ2v) is 8.09. The van der Waals surface area contributed by atoms with Gasteiger partial charge < -0.3 is 36.2 Å². The first-order valence-electron chi connectivity index (χ1n) is 9.79. The second kappa shape index (κ2) is 12.2. The van der Waals surface area contributed by atoms with E-state index in [1.54, 1.807) is 0 Å². The SMILES string of the molecule is CC(=O)N[C@H]1[C@H]([C@H](O)[C@H](O)CO)OC(C(=O)O)=C[C@@H]1N=C(N)NC(=O)CSc1ccccc1. The number of carbonyl (C=O) groups excluding carboxylic acids is 2. The first-order valence-corrected chi connectivity index (χ1v) is 10.8. The molecule has 33 heavy (non-hydrogen) atoms. The lowest BCUT2D eigenvalue weighted by molar-refractivity contribution is -0.145. The van der Waals surface area contributed by atoms with Crippen LogP contribution in [0.25, 0.3) is 0 Å². The summed E-state index contributed by atoms with van der Waals surface area (Å²) in [6, 6.07) is 6.82. The number of nitrogens with two attached hydrogens (primary N) is 1. The standard InChI is InChI=1S/C20H26N4O8S/c1-10(26)22-16-12(7-14(19(30)31)32-18(16)17(29)13(27)8-25)23-20(21)24-15(28)9-33-11-5-3-2-4-6-11/h2-7,12-13,16-18,25,27,29H,8-9H2,1H3,(H,22,26)(H,30,31)(H3,21,23,24,28)/t12-,13+,16+,17+,18+/m0/s1. The maximum Gasteiger partial charge on any atom is 0.370 e. The third kappa shape index (κ3) is 7.75. The van der Waals surface area contributed by atoms with E-state index in [4.69, 9.17) is 15.6 Å². The summed E-state index contributed by atoms with van der Waals surface area (Å²) in [6.45, 7) is 0.334. The normalized spacial score (nSPS) is 22.4. The molecule has 180 valence electrons. The van der Waals surface area contributed by atoms with Crippen molar-refractivity contribution in [3.05, 3.63) is 42.2 Å². The van der Waals surface area contributed by atoms with E-state index in [0.29, 0.717) is 0 Å². The van der Waals surface area contributed by atoms with Gasteiger partial charge in [0.25, 0.3) is 0 Å². The highest BCUT2D eigenvalue weighted by molar-refractivity contribution is 8.00. The highest BCUT2D eigenvalue weighted by Gasteiger charge is 2.43. The summed E-state index contributed by atoms with van der Waals surface area (Å²) >= 11 is 1.27. The number of rotatable bonds is 9. The number of aliphatic carboxylic acids is 1. The van der Waals surface area contributed by atoms with Crippen LogP contribution in [-0.2, 0) is 19.1 Å². The number of amides is 2. The number of carbonyl (C=O) groups is 3. The van der Waals surface area contributed by atoms with Gasteiger partial charge in [-0.1, -0.05) is 18.2 Å². The van der Waals surface area contributed by atoms with Crippen LogP contribution in [0.15, 0.2) is 52.1 Å². The van der Waals surface area contributed by atoms with Crippen molar-refractivity contribution < 1.29 is 39.5 Å². The zero-order valence-corrected chi connectivity index (χ0v) is 18.4. The Morgan fingerprint density at radius 1 is 1.24 bits per heavy atom. The Hall–Kier alpha value is -3.13. The van der Waals surface area contributed by atoms with Crippen molar-refractivity contribution in [2.24, 2.45) is 10.7 Å². The van der Waals surface area contributed by atoms with Gasteiger partial charge in [-0.25, -0.2) is 9.79 Å². The van der Waals surface area contributed by atoms with Crippen molar-refractivity contribution in [1.82, 2.24) is 10.6 Å². The van der Waals surface area contributed by atoms with Gasteiger partial charge in [-0.15, -0.1) is 11.8 Å². The number of guanidine groups is 1. The summed E-state index contributed by atoms with van der Waals surface area (Å²) in [5.41, 5.74) is 5.82. The van der Waals surface area contributed by atoms with Crippen molar-refractivity contribution in [1.29, 1.82) is 0 Å². The molecule has 13 heteroatoms. The molecule has 2 rings (SSSR count). The maximum absolute atomic E-state index is 12.2. The summed E-state index contributed by atoms with van der Waals surface area (Å²) in [5, 5.41) is 43.5. The van der Waals surface area contributed by atoms with Crippen molar-refractivity contribution in [2.75, 3.05) is 12.4 Å². The first kappa shape index (κ1) is 26.1. The Morgan fingerprint density at radius 2 is 1.91 bits per heavy atom. The van der Waals surface area contributed by atoms with E-state index in [1.807, 2.05) is 30.3 Å². The van der Waals surface area contributed by atoms with E-state index in [9.17, 15) is 29.7 Å². The highest BCUT2D eigenvalue weighted by atomic mass is 32.2. The number of ether oxygens (including phenoxy) is 1. The van der Waals surface area contributed by atoms with Gasteiger partial charge in [-0.3, -0.25) is 14.9 Å². The Labute approximate surface area is 193 Å². The van der Waals surface area contributed by atoms with E-state index in [2.05, 4.69) is 15.6 Å². The number of carboxylic acids is 1. The van der Waals surface area contributed by atoms with Crippen molar-refractivity contribution in [3.63, 3.8) is 0 Å². The molecular formula is C20H26N4O8S. The molecule has 1 aliphatic rings. The van der Waals surface area contributed by atoms with Crippen LogP contribution in [0.3, 0.4) is 0 Å². The molecule has 0 aliphatic carbocycles. The topological polar surface area (TPSA) is 204 Å². The van der Waals surface area contributed by atoms with Crippen LogP contribution in [-0.4, -0.2) is 86.9 Å². The molecule has 0 bridgehead atoms. The molecule has 1 aromatic rings. The molecule has 8 N–H and O–H groups in total. The summed E-state index contributed by atoms with van der Waals surface area (Å²) < 4.78 is 5.25. The largest absolute Gasteiger partial charge is 0.478 e. The molecule has 0 spiro atoms. The molecule has 12 nitrogen and oxygen atoms in total. The van der Waals surface area contributed by atoms with Crippen molar-refractivity contribution in [3.8, 4) is 0 Å². The number of hydrogen-bond acceptors (Lipinski definition) is 9. The van der Waals surface area contributed by atoms with Crippen LogP contribution in [0.2, 0.25) is 0 Å². The van der Waals surface area contributed by atoms with E-state index in [1.165, 1.54) is 18.7 Å². The Kier molecular flexibility index (Phi) is 9.66. The molecule has 0 unspecified atom stereocenters. The van der Waals surface area contributed by atoms with Crippen LogP contribution in [0.4, 0.5) is 0 Å². The Balaban J connectivity index is 2.22. The van der Waals surface area contributed by atoms with Gasteiger partial charge in [0.15, 0.2) is 5.96 Å². The van der Waals surface area contributed by atoms with Crippen LogP contribution in [0, 0.1) is 0 Å². The molecule has 1 heterocycles. The zero-order valence-electron chi connectivity index (χ0n) is 17.6. The third-order valence-corrected chi connectivity index (χ3v) is 5.49.